The highest BCUT2D eigenvalue weighted by Crippen LogP contribution is 2.48. The van der Waals surface area contributed by atoms with E-state index in [1.54, 1.807) is 18.7 Å². The summed E-state index contributed by atoms with van der Waals surface area (Å²) >= 11 is 1.76. The normalized spacial score (nSPS) is 12.9. The zero-order valence-corrected chi connectivity index (χ0v) is 16.1. The minimum absolute atomic E-state index is 0.121. The van der Waals surface area contributed by atoms with Crippen molar-refractivity contribution in [2.24, 2.45) is 0 Å². The number of nitrogens with zero attached hydrogens (tertiary/aromatic N) is 2. The first kappa shape index (κ1) is 18.0. The molecule has 3 rings (SSSR count). The zero-order valence-electron chi connectivity index (χ0n) is 15.3. The molecule has 25 heavy (non-hydrogen) atoms. The molecular formula is C21H26N2OS. The third-order valence-corrected chi connectivity index (χ3v) is 5.90. The molecule has 0 saturated heterocycles. The third kappa shape index (κ3) is 3.91. The molecule has 0 radical (unpaired) electrons. The number of carbonyl (C=O) groups is 1. The van der Waals surface area contributed by atoms with Crippen molar-refractivity contribution in [2.45, 2.75) is 37.0 Å². The van der Waals surface area contributed by atoms with Gasteiger partial charge in [0.2, 0.25) is 0 Å². The second-order valence-corrected chi connectivity index (χ2v) is 7.42. The maximum absolute atomic E-state index is 11.7. The number of Topliss-reactive ketones (excluding diaryl/α,β-unsaturated/α-hetero) is 1. The van der Waals surface area contributed by atoms with Gasteiger partial charge in [-0.25, -0.2) is 0 Å². The van der Waals surface area contributed by atoms with Crippen LogP contribution in [0.4, 0.5) is 11.4 Å². The van der Waals surface area contributed by atoms with Crippen molar-refractivity contribution in [3.8, 4) is 0 Å². The van der Waals surface area contributed by atoms with E-state index in [-0.39, 0.29) is 5.78 Å². The van der Waals surface area contributed by atoms with E-state index < -0.39 is 0 Å². The van der Waals surface area contributed by atoms with Gasteiger partial charge in [-0.1, -0.05) is 37.7 Å². The van der Waals surface area contributed by atoms with Crippen molar-refractivity contribution >= 4 is 28.9 Å². The van der Waals surface area contributed by atoms with Gasteiger partial charge in [-0.05, 0) is 63.3 Å². The van der Waals surface area contributed by atoms with E-state index in [4.69, 9.17) is 0 Å². The first-order chi connectivity index (χ1) is 12.1. The molecular weight excluding hydrogens is 328 g/mol. The SMILES string of the molecule is CCN(CC)CCCN1c2ccccc2Sc2cc(C(C)=O)ccc21. The number of carbonyl (C=O) groups excluding carboxylic acids is 1. The summed E-state index contributed by atoms with van der Waals surface area (Å²) in [6.45, 7) is 10.4. The number of hydrogen-bond acceptors (Lipinski definition) is 4. The second-order valence-electron chi connectivity index (χ2n) is 6.34. The summed E-state index contributed by atoms with van der Waals surface area (Å²) in [6.07, 6.45) is 1.12. The Hall–Kier alpha value is -1.78. The fourth-order valence-electron chi connectivity index (χ4n) is 3.29. The number of para-hydroxylation sites is 1. The van der Waals surface area contributed by atoms with Crippen LogP contribution in [-0.2, 0) is 0 Å². The Morgan fingerprint density at radius 3 is 2.48 bits per heavy atom. The second kappa shape index (κ2) is 8.07. The fraction of sp³-hybridized carbons (Fsp3) is 0.381. The Kier molecular flexibility index (Phi) is 5.82. The van der Waals surface area contributed by atoms with E-state index in [0.717, 1.165) is 38.2 Å². The molecule has 0 saturated carbocycles. The summed E-state index contributed by atoms with van der Waals surface area (Å²) in [4.78, 5) is 19.1. The lowest BCUT2D eigenvalue weighted by molar-refractivity contribution is 0.101. The van der Waals surface area contributed by atoms with Gasteiger partial charge in [0.1, 0.15) is 0 Å². The van der Waals surface area contributed by atoms with Gasteiger partial charge in [-0.3, -0.25) is 4.79 Å². The van der Waals surface area contributed by atoms with E-state index in [2.05, 4.69) is 54.0 Å². The molecule has 0 unspecified atom stereocenters. The molecule has 2 aromatic rings. The van der Waals surface area contributed by atoms with Crippen molar-refractivity contribution in [1.29, 1.82) is 0 Å². The first-order valence-corrected chi connectivity index (χ1v) is 9.87. The highest BCUT2D eigenvalue weighted by atomic mass is 32.2. The molecule has 0 amide bonds. The third-order valence-electron chi connectivity index (χ3n) is 4.78. The van der Waals surface area contributed by atoms with Crippen LogP contribution in [0.2, 0.25) is 0 Å². The topological polar surface area (TPSA) is 23.6 Å². The maximum atomic E-state index is 11.7. The summed E-state index contributed by atoms with van der Waals surface area (Å²) in [5.74, 6) is 0.121. The molecule has 0 N–H and O–H groups in total. The highest BCUT2D eigenvalue weighted by Gasteiger charge is 2.23. The van der Waals surface area contributed by atoms with Gasteiger partial charge < -0.3 is 9.80 Å². The molecule has 0 aromatic heterocycles. The molecule has 0 spiro atoms. The number of hydrogen-bond donors (Lipinski definition) is 0. The van der Waals surface area contributed by atoms with E-state index >= 15 is 0 Å². The quantitative estimate of drug-likeness (QED) is 0.636. The monoisotopic (exact) mass is 354 g/mol. The Morgan fingerprint density at radius 2 is 1.76 bits per heavy atom. The molecule has 0 aliphatic carbocycles. The van der Waals surface area contributed by atoms with Gasteiger partial charge in [0, 0.05) is 21.9 Å². The predicted molar refractivity (Wildman–Crippen MR) is 106 cm³/mol. The average molecular weight is 355 g/mol. The zero-order chi connectivity index (χ0) is 17.8. The number of ketones is 1. The lowest BCUT2D eigenvalue weighted by atomic mass is 10.1. The van der Waals surface area contributed by atoms with Gasteiger partial charge in [-0.15, -0.1) is 0 Å². The van der Waals surface area contributed by atoms with Crippen LogP contribution in [0.25, 0.3) is 0 Å². The maximum Gasteiger partial charge on any atom is 0.159 e. The molecule has 1 aliphatic rings. The van der Waals surface area contributed by atoms with Crippen molar-refractivity contribution < 1.29 is 4.79 Å². The van der Waals surface area contributed by atoms with Crippen LogP contribution in [-0.4, -0.2) is 36.9 Å². The number of fused-ring (bicyclic) bond motifs is 2. The van der Waals surface area contributed by atoms with Crippen molar-refractivity contribution in [1.82, 2.24) is 4.90 Å². The highest BCUT2D eigenvalue weighted by molar-refractivity contribution is 7.99. The Balaban J connectivity index is 1.88. The largest absolute Gasteiger partial charge is 0.340 e. The number of anilines is 2. The van der Waals surface area contributed by atoms with Crippen LogP contribution >= 0.6 is 11.8 Å². The minimum atomic E-state index is 0.121. The first-order valence-electron chi connectivity index (χ1n) is 9.05. The predicted octanol–water partition coefficient (Wildman–Crippen LogP) is 5.22. The van der Waals surface area contributed by atoms with Gasteiger partial charge >= 0.3 is 0 Å². The van der Waals surface area contributed by atoms with Gasteiger partial charge in [-0.2, -0.15) is 0 Å². The van der Waals surface area contributed by atoms with Crippen LogP contribution in [0.5, 0.6) is 0 Å². The summed E-state index contributed by atoms with van der Waals surface area (Å²) in [6, 6.07) is 14.6. The van der Waals surface area contributed by atoms with Crippen molar-refractivity contribution in [3.63, 3.8) is 0 Å². The van der Waals surface area contributed by atoms with Gasteiger partial charge in [0.15, 0.2) is 5.78 Å². The molecule has 0 atom stereocenters. The number of benzene rings is 2. The van der Waals surface area contributed by atoms with Crippen LogP contribution in [0.15, 0.2) is 52.3 Å². The Morgan fingerprint density at radius 1 is 1.04 bits per heavy atom. The molecule has 1 aliphatic heterocycles. The van der Waals surface area contributed by atoms with Crippen molar-refractivity contribution in [3.05, 3.63) is 48.0 Å². The molecule has 132 valence electrons. The molecule has 3 nitrogen and oxygen atoms in total. The van der Waals surface area contributed by atoms with Crippen LogP contribution in [0.3, 0.4) is 0 Å². The van der Waals surface area contributed by atoms with E-state index in [0.29, 0.717) is 0 Å². The van der Waals surface area contributed by atoms with E-state index in [1.807, 2.05) is 12.1 Å². The Bertz CT molecular complexity index is 755. The average Bonchev–Trinajstić information content (AvgIpc) is 2.64. The molecule has 4 heteroatoms. The van der Waals surface area contributed by atoms with Crippen LogP contribution in [0, 0.1) is 0 Å². The standard InChI is InChI=1S/C21H26N2OS/c1-4-22(5-2)13-8-14-23-18-9-6-7-10-20(18)25-21-15-17(16(3)24)11-12-19(21)23/h6-7,9-12,15H,4-5,8,13-14H2,1-3H3. The van der Waals surface area contributed by atoms with E-state index in [1.165, 1.54) is 21.2 Å². The van der Waals surface area contributed by atoms with Crippen LogP contribution in [0.1, 0.15) is 37.6 Å². The van der Waals surface area contributed by atoms with Gasteiger partial charge in [0.05, 0.1) is 11.4 Å². The summed E-state index contributed by atoms with van der Waals surface area (Å²) < 4.78 is 0. The minimum Gasteiger partial charge on any atom is -0.340 e. The molecule has 0 bridgehead atoms. The van der Waals surface area contributed by atoms with E-state index in [9.17, 15) is 4.79 Å². The summed E-state index contributed by atoms with van der Waals surface area (Å²) in [5, 5.41) is 0. The van der Waals surface area contributed by atoms with Gasteiger partial charge in [0.25, 0.3) is 0 Å². The summed E-state index contributed by atoms with van der Waals surface area (Å²) in [5.41, 5.74) is 3.28. The Labute approximate surface area is 155 Å². The molecule has 2 aromatic carbocycles. The van der Waals surface area contributed by atoms with Crippen molar-refractivity contribution in [2.75, 3.05) is 31.1 Å². The fourth-order valence-corrected chi connectivity index (χ4v) is 4.42. The lowest BCUT2D eigenvalue weighted by Gasteiger charge is -2.33. The smallest absolute Gasteiger partial charge is 0.159 e. The summed E-state index contributed by atoms with van der Waals surface area (Å²) in [7, 11) is 0. The van der Waals surface area contributed by atoms with Crippen LogP contribution < -0.4 is 4.90 Å². The number of rotatable bonds is 7. The molecule has 1 heterocycles. The lowest BCUT2D eigenvalue weighted by Crippen LogP contribution is -2.29. The molecule has 0 fully saturated rings.